The lowest BCUT2D eigenvalue weighted by atomic mass is 10.0. The Morgan fingerprint density at radius 2 is 2.19 bits per heavy atom. The van der Waals surface area contributed by atoms with Gasteiger partial charge in [0.2, 0.25) is 5.91 Å². The summed E-state index contributed by atoms with van der Waals surface area (Å²) in [4.78, 5) is 40.6. The van der Waals surface area contributed by atoms with E-state index in [-0.39, 0.29) is 12.8 Å². The predicted molar refractivity (Wildman–Crippen MR) is 69.4 cm³/mol. The number of carboxylic acid groups (broad SMARTS) is 2. The molecule has 0 aliphatic carbocycles. The highest BCUT2D eigenvalue weighted by Crippen LogP contribution is 2.12. The number of carboxylic acids is 2. The van der Waals surface area contributed by atoms with Gasteiger partial charge in [-0.2, -0.15) is 0 Å². The van der Waals surface area contributed by atoms with Gasteiger partial charge in [0.25, 0.3) is 0 Å². The third kappa shape index (κ3) is 3.78. The lowest BCUT2D eigenvalue weighted by molar-refractivity contribution is -0.143. The predicted octanol–water partition coefficient (Wildman–Crippen LogP) is -1.14. The van der Waals surface area contributed by atoms with Gasteiger partial charge < -0.3 is 20.5 Å². The highest BCUT2D eigenvalue weighted by Gasteiger charge is 2.29. The smallest absolute Gasteiger partial charge is 0.326 e. The quantitative estimate of drug-likeness (QED) is 0.446. The van der Waals surface area contributed by atoms with Crippen molar-refractivity contribution < 1.29 is 24.6 Å². The maximum absolute atomic E-state index is 12.1. The zero-order valence-corrected chi connectivity index (χ0v) is 11.1. The second-order valence-corrected chi connectivity index (χ2v) is 4.80. The average Bonchev–Trinajstić information content (AvgIpc) is 2.89. The van der Waals surface area contributed by atoms with Crippen LogP contribution in [0.5, 0.6) is 0 Å². The van der Waals surface area contributed by atoms with Gasteiger partial charge in [-0.25, -0.2) is 9.78 Å². The Bertz CT molecular complexity index is 556. The molecular weight excluding hydrogens is 280 g/mol. The van der Waals surface area contributed by atoms with Crippen molar-refractivity contribution in [2.24, 2.45) is 0 Å². The van der Waals surface area contributed by atoms with Gasteiger partial charge in [0.05, 0.1) is 23.8 Å². The summed E-state index contributed by atoms with van der Waals surface area (Å²) in [6.45, 7) is 0.445. The third-order valence-electron chi connectivity index (χ3n) is 3.31. The van der Waals surface area contributed by atoms with E-state index in [2.05, 4.69) is 20.6 Å². The van der Waals surface area contributed by atoms with Crippen LogP contribution in [-0.4, -0.2) is 50.1 Å². The molecule has 2 atom stereocenters. The van der Waals surface area contributed by atoms with Gasteiger partial charge >= 0.3 is 11.9 Å². The number of hydrogen-bond donors (Lipinski definition) is 5. The van der Waals surface area contributed by atoms with Crippen molar-refractivity contribution >= 4 is 17.8 Å². The number of carbonyl (C=O) groups excluding carboxylic acids is 1. The maximum atomic E-state index is 12.1. The van der Waals surface area contributed by atoms with Crippen molar-refractivity contribution in [2.75, 3.05) is 0 Å². The maximum Gasteiger partial charge on any atom is 0.326 e. The van der Waals surface area contributed by atoms with Crippen LogP contribution in [0.2, 0.25) is 0 Å². The van der Waals surface area contributed by atoms with Gasteiger partial charge in [0, 0.05) is 19.4 Å². The van der Waals surface area contributed by atoms with Crippen molar-refractivity contribution in [1.29, 1.82) is 0 Å². The molecule has 9 nitrogen and oxygen atoms in total. The summed E-state index contributed by atoms with van der Waals surface area (Å²) in [5.74, 6) is -2.82. The van der Waals surface area contributed by atoms with E-state index in [4.69, 9.17) is 10.2 Å². The third-order valence-corrected chi connectivity index (χ3v) is 3.31. The summed E-state index contributed by atoms with van der Waals surface area (Å²) < 4.78 is 0. The Kier molecular flexibility index (Phi) is 4.53. The summed E-state index contributed by atoms with van der Waals surface area (Å²) in [6, 6.07) is -1.79. The van der Waals surface area contributed by atoms with Crippen LogP contribution in [0.4, 0.5) is 0 Å². The number of nitrogens with one attached hydrogen (secondary N) is 3. The second kappa shape index (κ2) is 6.35. The number of rotatable bonds is 6. The summed E-state index contributed by atoms with van der Waals surface area (Å²) in [5, 5.41) is 22.9. The number of carbonyl (C=O) groups is 3. The van der Waals surface area contributed by atoms with E-state index in [0.29, 0.717) is 13.0 Å². The Labute approximate surface area is 119 Å². The van der Waals surface area contributed by atoms with Gasteiger partial charge in [-0.3, -0.25) is 14.9 Å². The van der Waals surface area contributed by atoms with Crippen LogP contribution in [0.25, 0.3) is 0 Å². The van der Waals surface area contributed by atoms with Crippen molar-refractivity contribution in [3.8, 4) is 0 Å². The number of hydrogen-bond acceptors (Lipinski definition) is 5. The van der Waals surface area contributed by atoms with Crippen LogP contribution < -0.4 is 10.6 Å². The van der Waals surface area contributed by atoms with E-state index < -0.39 is 29.9 Å². The Balaban J connectivity index is 1.93. The molecule has 0 saturated carbocycles. The molecule has 1 aromatic rings. The largest absolute Gasteiger partial charge is 0.481 e. The van der Waals surface area contributed by atoms with Crippen LogP contribution in [-0.2, 0) is 27.3 Å². The summed E-state index contributed by atoms with van der Waals surface area (Å²) in [6.07, 6.45) is 1.42. The van der Waals surface area contributed by atoms with Gasteiger partial charge in [-0.05, 0) is 6.42 Å². The minimum absolute atomic E-state index is 0.156. The number of imidazole rings is 1. The summed E-state index contributed by atoms with van der Waals surface area (Å²) >= 11 is 0. The SMILES string of the molecule is O=C(O)CCC(NC(=O)C1Cc2nc[nH]c2CN1)C(=O)O. The normalized spacial score (nSPS) is 18.6. The van der Waals surface area contributed by atoms with Crippen LogP contribution >= 0.6 is 0 Å². The fourth-order valence-corrected chi connectivity index (χ4v) is 2.15. The van der Waals surface area contributed by atoms with Crippen LogP contribution in [0.1, 0.15) is 24.2 Å². The second-order valence-electron chi connectivity index (χ2n) is 4.80. The molecule has 0 aromatic carbocycles. The Hall–Kier alpha value is -2.42. The van der Waals surface area contributed by atoms with Gasteiger partial charge in [-0.15, -0.1) is 0 Å². The summed E-state index contributed by atoms with van der Waals surface area (Å²) in [7, 11) is 0. The molecule has 0 radical (unpaired) electrons. The Morgan fingerprint density at radius 3 is 2.86 bits per heavy atom. The fourth-order valence-electron chi connectivity index (χ4n) is 2.15. The van der Waals surface area contributed by atoms with Gasteiger partial charge in [0.15, 0.2) is 0 Å². The number of amides is 1. The number of nitrogens with zero attached hydrogens (tertiary/aromatic N) is 1. The van der Waals surface area contributed by atoms with Crippen molar-refractivity contribution in [3.63, 3.8) is 0 Å². The molecule has 2 heterocycles. The van der Waals surface area contributed by atoms with Crippen LogP contribution in [0.15, 0.2) is 6.33 Å². The topological polar surface area (TPSA) is 144 Å². The molecule has 21 heavy (non-hydrogen) atoms. The average molecular weight is 296 g/mol. The highest BCUT2D eigenvalue weighted by molar-refractivity contribution is 5.87. The minimum atomic E-state index is -1.25. The molecule has 5 N–H and O–H groups in total. The lowest BCUT2D eigenvalue weighted by Crippen LogP contribution is -2.52. The van der Waals surface area contributed by atoms with Crippen LogP contribution in [0, 0.1) is 0 Å². The first-order valence-electron chi connectivity index (χ1n) is 6.47. The van der Waals surface area contributed by atoms with E-state index in [1.54, 1.807) is 6.33 Å². The minimum Gasteiger partial charge on any atom is -0.481 e. The first-order chi connectivity index (χ1) is 9.97. The molecule has 114 valence electrons. The molecule has 0 spiro atoms. The van der Waals surface area contributed by atoms with Gasteiger partial charge in [0.1, 0.15) is 6.04 Å². The molecule has 9 heteroatoms. The van der Waals surface area contributed by atoms with E-state index >= 15 is 0 Å². The van der Waals surface area contributed by atoms with Crippen LogP contribution in [0.3, 0.4) is 0 Å². The fraction of sp³-hybridized carbons (Fsp3) is 0.500. The molecule has 1 aliphatic heterocycles. The molecular formula is C12H16N4O5. The van der Waals surface area contributed by atoms with Crippen molar-refractivity contribution in [3.05, 3.63) is 17.7 Å². The monoisotopic (exact) mass is 296 g/mol. The standard InChI is InChI=1S/C12H16N4O5/c17-10(18)2-1-6(12(20)21)16-11(19)8-3-7-9(4-13-8)15-5-14-7/h5-6,8,13H,1-4H2,(H,14,15)(H,16,19)(H,17,18)(H,20,21). The molecule has 0 bridgehead atoms. The number of fused-ring (bicyclic) bond motifs is 1. The molecule has 1 aliphatic rings. The number of H-pyrrole nitrogens is 1. The molecule has 2 unspecified atom stereocenters. The highest BCUT2D eigenvalue weighted by atomic mass is 16.4. The first-order valence-corrected chi connectivity index (χ1v) is 6.47. The molecule has 0 fully saturated rings. The van der Waals surface area contributed by atoms with Crippen molar-refractivity contribution in [2.45, 2.75) is 37.9 Å². The van der Waals surface area contributed by atoms with E-state index in [9.17, 15) is 14.4 Å². The van der Waals surface area contributed by atoms with E-state index in [1.165, 1.54) is 0 Å². The molecule has 1 amide bonds. The zero-order valence-electron chi connectivity index (χ0n) is 11.1. The molecule has 0 saturated heterocycles. The lowest BCUT2D eigenvalue weighted by Gasteiger charge is -2.24. The zero-order chi connectivity index (χ0) is 15.4. The first kappa shape index (κ1) is 15.0. The number of aromatic nitrogens is 2. The summed E-state index contributed by atoms with van der Waals surface area (Å²) in [5.41, 5.74) is 1.67. The molecule has 2 rings (SSSR count). The van der Waals surface area contributed by atoms with Crippen molar-refractivity contribution in [1.82, 2.24) is 20.6 Å². The Morgan fingerprint density at radius 1 is 1.43 bits per heavy atom. The van der Waals surface area contributed by atoms with E-state index in [1.807, 2.05) is 0 Å². The van der Waals surface area contributed by atoms with E-state index in [0.717, 1.165) is 11.4 Å². The number of aromatic amines is 1. The molecule has 1 aromatic heterocycles. The van der Waals surface area contributed by atoms with Gasteiger partial charge in [-0.1, -0.05) is 0 Å². The number of aliphatic carboxylic acids is 2.